The summed E-state index contributed by atoms with van der Waals surface area (Å²) in [7, 11) is -3.27. The summed E-state index contributed by atoms with van der Waals surface area (Å²) in [6.07, 6.45) is 1.33. The van der Waals surface area contributed by atoms with Gasteiger partial charge in [0.05, 0.1) is 11.7 Å². The van der Waals surface area contributed by atoms with Gasteiger partial charge in [-0.25, -0.2) is 12.7 Å². The second kappa shape index (κ2) is 7.76. The molecule has 2 amide bonds. The van der Waals surface area contributed by atoms with E-state index >= 15 is 0 Å². The lowest BCUT2D eigenvalue weighted by Gasteiger charge is -2.30. The zero-order valence-electron chi connectivity index (χ0n) is 13.9. The number of benzene rings is 1. The van der Waals surface area contributed by atoms with Crippen molar-refractivity contribution in [2.45, 2.75) is 26.7 Å². The number of anilines is 2. The molecule has 1 saturated heterocycles. The summed E-state index contributed by atoms with van der Waals surface area (Å²) in [4.78, 5) is 23.5. The van der Waals surface area contributed by atoms with Crippen LogP contribution in [0.15, 0.2) is 24.3 Å². The van der Waals surface area contributed by atoms with E-state index in [-0.39, 0.29) is 30.0 Å². The molecule has 2 N–H and O–H groups in total. The van der Waals surface area contributed by atoms with Gasteiger partial charge in [0.25, 0.3) is 0 Å². The van der Waals surface area contributed by atoms with Crippen molar-refractivity contribution in [3.8, 4) is 0 Å². The van der Waals surface area contributed by atoms with Gasteiger partial charge in [0.1, 0.15) is 0 Å². The van der Waals surface area contributed by atoms with Crippen LogP contribution in [0.2, 0.25) is 0 Å². The summed E-state index contributed by atoms with van der Waals surface area (Å²) in [5, 5.41) is 5.46. The van der Waals surface area contributed by atoms with E-state index in [1.54, 1.807) is 31.2 Å². The van der Waals surface area contributed by atoms with Crippen LogP contribution in [0, 0.1) is 5.92 Å². The first-order chi connectivity index (χ1) is 11.3. The SMILES string of the molecule is CCS(=O)(=O)N1CCC[C@@H](C(=O)Nc2cccc(NC(C)=O)c2)C1. The third-order valence-corrected chi connectivity index (χ3v) is 5.81. The summed E-state index contributed by atoms with van der Waals surface area (Å²) >= 11 is 0. The molecule has 1 fully saturated rings. The lowest BCUT2D eigenvalue weighted by atomic mass is 9.98. The van der Waals surface area contributed by atoms with E-state index in [1.807, 2.05) is 0 Å². The molecule has 2 rings (SSSR count). The Labute approximate surface area is 142 Å². The van der Waals surface area contributed by atoms with Crippen molar-refractivity contribution >= 4 is 33.2 Å². The first kappa shape index (κ1) is 18.4. The Bertz CT molecular complexity index is 718. The molecule has 132 valence electrons. The molecular formula is C16H23N3O4S. The van der Waals surface area contributed by atoms with Gasteiger partial charge in [0.15, 0.2) is 0 Å². The molecule has 1 aliphatic rings. The molecule has 0 aliphatic carbocycles. The number of rotatable bonds is 5. The van der Waals surface area contributed by atoms with Gasteiger partial charge in [-0.15, -0.1) is 0 Å². The molecule has 0 unspecified atom stereocenters. The highest BCUT2D eigenvalue weighted by molar-refractivity contribution is 7.89. The second-order valence-corrected chi connectivity index (χ2v) is 8.11. The van der Waals surface area contributed by atoms with E-state index in [2.05, 4.69) is 10.6 Å². The number of sulfonamides is 1. The monoisotopic (exact) mass is 353 g/mol. The first-order valence-electron chi connectivity index (χ1n) is 7.98. The minimum atomic E-state index is -3.27. The van der Waals surface area contributed by atoms with Crippen molar-refractivity contribution in [3.63, 3.8) is 0 Å². The average Bonchev–Trinajstić information content (AvgIpc) is 2.54. The van der Waals surface area contributed by atoms with Crippen LogP contribution in [0.25, 0.3) is 0 Å². The number of hydrogen-bond acceptors (Lipinski definition) is 4. The number of carbonyl (C=O) groups excluding carboxylic acids is 2. The fourth-order valence-corrected chi connectivity index (χ4v) is 3.89. The topological polar surface area (TPSA) is 95.6 Å². The Morgan fingerprint density at radius 2 is 1.92 bits per heavy atom. The summed E-state index contributed by atoms with van der Waals surface area (Å²) in [5.74, 6) is -0.721. The van der Waals surface area contributed by atoms with E-state index in [1.165, 1.54) is 11.2 Å². The molecule has 1 atom stereocenters. The van der Waals surface area contributed by atoms with E-state index < -0.39 is 10.0 Å². The molecule has 0 spiro atoms. The lowest BCUT2D eigenvalue weighted by Crippen LogP contribution is -2.44. The predicted molar refractivity (Wildman–Crippen MR) is 93.1 cm³/mol. The van der Waals surface area contributed by atoms with Crippen molar-refractivity contribution in [2.24, 2.45) is 5.92 Å². The Morgan fingerprint density at radius 1 is 1.25 bits per heavy atom. The Morgan fingerprint density at radius 3 is 2.54 bits per heavy atom. The third-order valence-electron chi connectivity index (χ3n) is 3.96. The van der Waals surface area contributed by atoms with Gasteiger partial charge in [-0.3, -0.25) is 9.59 Å². The van der Waals surface area contributed by atoms with Crippen LogP contribution in [0.1, 0.15) is 26.7 Å². The normalized spacial score (nSPS) is 18.8. The number of piperidine rings is 1. The Kier molecular flexibility index (Phi) is 5.95. The van der Waals surface area contributed by atoms with Crippen molar-refractivity contribution < 1.29 is 18.0 Å². The number of nitrogens with zero attached hydrogens (tertiary/aromatic N) is 1. The molecule has 0 saturated carbocycles. The van der Waals surface area contributed by atoms with Gasteiger partial charge in [0.2, 0.25) is 21.8 Å². The standard InChI is InChI=1S/C16H23N3O4S/c1-3-24(22,23)19-9-5-6-13(11-19)16(21)18-15-8-4-7-14(10-15)17-12(2)20/h4,7-8,10,13H,3,5-6,9,11H2,1-2H3,(H,17,20)(H,18,21)/t13-/m1/s1. The lowest BCUT2D eigenvalue weighted by molar-refractivity contribution is -0.121. The van der Waals surface area contributed by atoms with Crippen LogP contribution in [0.3, 0.4) is 0 Å². The molecule has 7 nitrogen and oxygen atoms in total. The summed E-state index contributed by atoms with van der Waals surface area (Å²) in [6.45, 7) is 3.70. The molecular weight excluding hydrogens is 330 g/mol. The van der Waals surface area contributed by atoms with Crippen molar-refractivity contribution in [3.05, 3.63) is 24.3 Å². The molecule has 0 radical (unpaired) electrons. The first-order valence-corrected chi connectivity index (χ1v) is 9.59. The summed E-state index contributed by atoms with van der Waals surface area (Å²) < 4.78 is 25.4. The molecule has 1 aromatic rings. The average molecular weight is 353 g/mol. The van der Waals surface area contributed by atoms with Crippen LogP contribution in [0.4, 0.5) is 11.4 Å². The van der Waals surface area contributed by atoms with Crippen LogP contribution in [0.5, 0.6) is 0 Å². The summed E-state index contributed by atoms with van der Waals surface area (Å²) in [5.41, 5.74) is 1.17. The van der Waals surface area contributed by atoms with Crippen LogP contribution >= 0.6 is 0 Å². The van der Waals surface area contributed by atoms with E-state index in [0.717, 1.165) is 0 Å². The minimum absolute atomic E-state index is 0.0418. The third kappa shape index (κ3) is 4.78. The maximum atomic E-state index is 12.4. The fraction of sp³-hybridized carbons (Fsp3) is 0.500. The zero-order chi connectivity index (χ0) is 17.7. The number of carbonyl (C=O) groups is 2. The van der Waals surface area contributed by atoms with Gasteiger partial charge in [-0.2, -0.15) is 0 Å². The molecule has 1 heterocycles. The highest BCUT2D eigenvalue weighted by Crippen LogP contribution is 2.22. The predicted octanol–water partition coefficient (Wildman–Crippen LogP) is 1.65. The van der Waals surface area contributed by atoms with E-state index in [4.69, 9.17) is 0 Å². The van der Waals surface area contributed by atoms with Crippen LogP contribution in [-0.4, -0.2) is 43.4 Å². The fourth-order valence-electron chi connectivity index (χ4n) is 2.71. The quantitative estimate of drug-likeness (QED) is 0.841. The highest BCUT2D eigenvalue weighted by atomic mass is 32.2. The number of amides is 2. The maximum Gasteiger partial charge on any atom is 0.228 e. The Hall–Kier alpha value is -1.93. The zero-order valence-corrected chi connectivity index (χ0v) is 14.7. The van der Waals surface area contributed by atoms with E-state index in [9.17, 15) is 18.0 Å². The largest absolute Gasteiger partial charge is 0.326 e. The molecule has 0 bridgehead atoms. The van der Waals surface area contributed by atoms with Gasteiger partial charge in [0, 0.05) is 31.4 Å². The number of nitrogens with one attached hydrogen (secondary N) is 2. The maximum absolute atomic E-state index is 12.4. The second-order valence-electron chi connectivity index (χ2n) is 5.85. The molecule has 8 heteroatoms. The molecule has 1 aliphatic heterocycles. The van der Waals surface area contributed by atoms with Crippen LogP contribution in [-0.2, 0) is 19.6 Å². The van der Waals surface area contributed by atoms with Crippen LogP contribution < -0.4 is 10.6 Å². The Balaban J connectivity index is 2.03. The highest BCUT2D eigenvalue weighted by Gasteiger charge is 2.31. The van der Waals surface area contributed by atoms with Crippen molar-refractivity contribution in [2.75, 3.05) is 29.5 Å². The molecule has 0 aromatic heterocycles. The molecule has 24 heavy (non-hydrogen) atoms. The van der Waals surface area contributed by atoms with Crippen molar-refractivity contribution in [1.82, 2.24) is 4.31 Å². The van der Waals surface area contributed by atoms with E-state index in [0.29, 0.717) is 30.8 Å². The van der Waals surface area contributed by atoms with Gasteiger partial charge in [-0.05, 0) is 38.0 Å². The van der Waals surface area contributed by atoms with Crippen molar-refractivity contribution in [1.29, 1.82) is 0 Å². The van der Waals surface area contributed by atoms with Gasteiger partial charge < -0.3 is 10.6 Å². The van der Waals surface area contributed by atoms with Gasteiger partial charge >= 0.3 is 0 Å². The summed E-state index contributed by atoms with van der Waals surface area (Å²) in [6, 6.07) is 6.86. The van der Waals surface area contributed by atoms with Gasteiger partial charge in [-0.1, -0.05) is 6.07 Å². The molecule has 1 aromatic carbocycles. The minimum Gasteiger partial charge on any atom is -0.326 e. The number of hydrogen-bond donors (Lipinski definition) is 2. The smallest absolute Gasteiger partial charge is 0.228 e.